The van der Waals surface area contributed by atoms with Crippen LogP contribution in [0.5, 0.6) is 0 Å². The van der Waals surface area contributed by atoms with Gasteiger partial charge >= 0.3 is 0 Å². The molecule has 0 radical (unpaired) electrons. The summed E-state index contributed by atoms with van der Waals surface area (Å²) in [6, 6.07) is 2.58. The highest BCUT2D eigenvalue weighted by Crippen LogP contribution is 2.27. The summed E-state index contributed by atoms with van der Waals surface area (Å²) in [6.07, 6.45) is 0. The lowest BCUT2D eigenvalue weighted by atomic mass is 10.6. The lowest BCUT2D eigenvalue weighted by Crippen LogP contribution is -2.11. The van der Waals surface area contributed by atoms with Crippen molar-refractivity contribution in [2.24, 2.45) is 0 Å². The summed E-state index contributed by atoms with van der Waals surface area (Å²) < 4.78 is 1.12. The minimum Gasteiger partial charge on any atom is -0.353 e. The zero-order valence-electron chi connectivity index (χ0n) is 5.47. The maximum atomic E-state index is 5.61. The molecule has 0 saturated heterocycles. The number of rotatable bonds is 2. The van der Waals surface area contributed by atoms with E-state index in [-0.39, 0.29) is 0 Å². The molecule has 0 aliphatic carbocycles. The van der Waals surface area contributed by atoms with Gasteiger partial charge in [0.25, 0.3) is 0 Å². The molecule has 0 aromatic carbocycles. The average Bonchev–Trinajstić information content (AvgIpc) is 2.34. The largest absolute Gasteiger partial charge is 0.353 e. The van der Waals surface area contributed by atoms with Gasteiger partial charge in [-0.25, -0.2) is 0 Å². The molecule has 10 heavy (non-hydrogen) atoms. The van der Waals surface area contributed by atoms with E-state index < -0.39 is 0 Å². The molecule has 1 rings (SSSR count). The van der Waals surface area contributed by atoms with Gasteiger partial charge in [-0.3, -0.25) is 0 Å². The van der Waals surface area contributed by atoms with E-state index in [0.717, 1.165) is 4.47 Å². The highest BCUT2D eigenvalue weighted by molar-refractivity contribution is 9.10. The fourth-order valence-electron chi connectivity index (χ4n) is 0.562. The van der Waals surface area contributed by atoms with Crippen molar-refractivity contribution in [2.45, 2.75) is 0 Å². The summed E-state index contributed by atoms with van der Waals surface area (Å²) >= 11 is 10.7. The van der Waals surface area contributed by atoms with Gasteiger partial charge in [0.05, 0.1) is 11.0 Å². The van der Waals surface area contributed by atoms with E-state index in [1.54, 1.807) is 11.3 Å². The molecule has 0 aliphatic rings. The van der Waals surface area contributed by atoms with Gasteiger partial charge in [-0.05, 0) is 22.0 Å². The molecule has 1 aromatic rings. The highest BCUT2D eigenvalue weighted by atomic mass is 79.9. The maximum Gasteiger partial charge on any atom is 0.0932 e. The van der Waals surface area contributed by atoms with Crippen molar-refractivity contribution in [1.82, 2.24) is 0 Å². The van der Waals surface area contributed by atoms with E-state index in [9.17, 15) is 0 Å². The number of halogens is 2. The van der Waals surface area contributed by atoms with Crippen LogP contribution in [0.2, 0.25) is 0 Å². The van der Waals surface area contributed by atoms with Crippen molar-refractivity contribution >= 4 is 43.9 Å². The number of nitrogens with zero attached hydrogens (tertiary/aromatic N) is 1. The molecule has 1 aromatic heterocycles. The molecule has 0 spiro atoms. The zero-order valence-corrected chi connectivity index (χ0v) is 8.63. The van der Waals surface area contributed by atoms with Crippen LogP contribution < -0.4 is 4.90 Å². The predicted molar refractivity (Wildman–Crippen MR) is 51.1 cm³/mol. The van der Waals surface area contributed by atoms with Crippen LogP contribution in [0.1, 0.15) is 0 Å². The SMILES string of the molecule is CN(CCl)c1cc(Br)cs1. The number of hydrogen-bond donors (Lipinski definition) is 0. The molecule has 56 valence electrons. The third-order valence-corrected chi connectivity index (χ3v) is 3.27. The second kappa shape index (κ2) is 3.60. The number of alkyl halides is 1. The Bertz CT molecular complexity index is 213. The molecule has 0 atom stereocenters. The fourth-order valence-corrected chi connectivity index (χ4v) is 2.15. The number of thiophene rings is 1. The van der Waals surface area contributed by atoms with Crippen molar-refractivity contribution in [3.63, 3.8) is 0 Å². The molecule has 1 nitrogen and oxygen atoms in total. The van der Waals surface area contributed by atoms with Gasteiger partial charge in [0, 0.05) is 16.9 Å². The molecule has 0 amide bonds. The summed E-state index contributed by atoms with van der Waals surface area (Å²) in [4.78, 5) is 1.98. The lowest BCUT2D eigenvalue weighted by Gasteiger charge is -2.10. The highest BCUT2D eigenvalue weighted by Gasteiger charge is 2.00. The second-order valence-electron chi connectivity index (χ2n) is 1.92. The first kappa shape index (κ1) is 8.37. The third-order valence-electron chi connectivity index (χ3n) is 1.11. The van der Waals surface area contributed by atoms with E-state index in [1.807, 2.05) is 23.4 Å². The molecule has 0 N–H and O–H groups in total. The predicted octanol–water partition coefficient (Wildman–Crippen LogP) is 3.14. The number of anilines is 1. The van der Waals surface area contributed by atoms with Gasteiger partial charge in [-0.15, -0.1) is 22.9 Å². The van der Waals surface area contributed by atoms with Gasteiger partial charge in [-0.1, -0.05) is 0 Å². The molecule has 0 aliphatic heterocycles. The van der Waals surface area contributed by atoms with Crippen LogP contribution in [-0.4, -0.2) is 13.1 Å². The summed E-state index contributed by atoms with van der Waals surface area (Å²) in [5.74, 6) is 0. The van der Waals surface area contributed by atoms with Crippen molar-refractivity contribution in [1.29, 1.82) is 0 Å². The Hall–Kier alpha value is 0.270. The molecule has 0 unspecified atom stereocenters. The van der Waals surface area contributed by atoms with Crippen molar-refractivity contribution in [2.75, 3.05) is 18.0 Å². The Balaban J connectivity index is 2.74. The van der Waals surface area contributed by atoms with Gasteiger partial charge in [0.15, 0.2) is 0 Å². The Kier molecular flexibility index (Phi) is 3.01. The minimum atomic E-state index is 0.535. The van der Waals surface area contributed by atoms with Crippen LogP contribution in [0, 0.1) is 0 Å². The normalized spacial score (nSPS) is 9.90. The minimum absolute atomic E-state index is 0.535. The quantitative estimate of drug-likeness (QED) is 0.567. The molecule has 1 heterocycles. The van der Waals surface area contributed by atoms with E-state index in [2.05, 4.69) is 15.9 Å². The third kappa shape index (κ3) is 1.87. The molecule has 0 saturated carbocycles. The smallest absolute Gasteiger partial charge is 0.0932 e. The van der Waals surface area contributed by atoms with E-state index in [1.165, 1.54) is 5.00 Å². The van der Waals surface area contributed by atoms with Crippen molar-refractivity contribution in [3.05, 3.63) is 15.9 Å². The van der Waals surface area contributed by atoms with Crippen LogP contribution in [0.25, 0.3) is 0 Å². The molecule has 0 bridgehead atoms. The van der Waals surface area contributed by atoms with Gasteiger partial charge in [-0.2, -0.15) is 0 Å². The van der Waals surface area contributed by atoms with Gasteiger partial charge < -0.3 is 4.90 Å². The topological polar surface area (TPSA) is 3.24 Å². The first-order valence-corrected chi connectivity index (χ1v) is 4.96. The first-order chi connectivity index (χ1) is 4.74. The van der Waals surface area contributed by atoms with Crippen molar-refractivity contribution in [3.8, 4) is 0 Å². The Labute approximate surface area is 77.7 Å². The van der Waals surface area contributed by atoms with E-state index in [0.29, 0.717) is 6.00 Å². The van der Waals surface area contributed by atoms with Crippen molar-refractivity contribution < 1.29 is 0 Å². The first-order valence-electron chi connectivity index (χ1n) is 2.75. The number of hydrogen-bond acceptors (Lipinski definition) is 2. The Morgan fingerprint density at radius 3 is 2.90 bits per heavy atom. The average molecular weight is 241 g/mol. The standard InChI is InChI=1S/C6H7BrClNS/c1-9(4-8)6-2-5(7)3-10-6/h2-3H,4H2,1H3. The second-order valence-corrected chi connectivity index (χ2v) is 3.97. The van der Waals surface area contributed by atoms with Crippen LogP contribution in [0.3, 0.4) is 0 Å². The molecular formula is C6H7BrClNS. The molecule has 0 fully saturated rings. The van der Waals surface area contributed by atoms with Gasteiger partial charge in [0.2, 0.25) is 0 Å². The summed E-state index contributed by atoms with van der Waals surface area (Å²) in [7, 11) is 1.96. The van der Waals surface area contributed by atoms with Crippen LogP contribution in [-0.2, 0) is 0 Å². The fraction of sp³-hybridized carbons (Fsp3) is 0.333. The summed E-state index contributed by atoms with van der Waals surface area (Å²) in [5, 5.41) is 3.22. The van der Waals surface area contributed by atoms with Crippen LogP contribution in [0.4, 0.5) is 5.00 Å². The monoisotopic (exact) mass is 239 g/mol. The Morgan fingerprint density at radius 2 is 2.50 bits per heavy atom. The Morgan fingerprint density at radius 1 is 1.80 bits per heavy atom. The molecular weight excluding hydrogens is 233 g/mol. The lowest BCUT2D eigenvalue weighted by molar-refractivity contribution is 1.11. The van der Waals surface area contributed by atoms with Crippen LogP contribution in [0.15, 0.2) is 15.9 Å². The van der Waals surface area contributed by atoms with E-state index >= 15 is 0 Å². The summed E-state index contributed by atoms with van der Waals surface area (Å²) in [6.45, 7) is 0. The molecule has 4 heteroatoms. The zero-order chi connectivity index (χ0) is 7.56. The van der Waals surface area contributed by atoms with E-state index in [4.69, 9.17) is 11.6 Å². The van der Waals surface area contributed by atoms with Crippen LogP contribution >= 0.6 is 38.9 Å². The summed E-state index contributed by atoms with van der Waals surface area (Å²) in [5.41, 5.74) is 0. The van der Waals surface area contributed by atoms with Gasteiger partial charge in [0.1, 0.15) is 0 Å². The maximum absolute atomic E-state index is 5.61.